The van der Waals surface area contributed by atoms with Gasteiger partial charge in [0.05, 0.1) is 6.20 Å². The SMILES string of the molecule is N#Cc1cnc(NC(=O)c2csc(-c3ccccc3)n2)s1. The minimum absolute atomic E-state index is 0.327. The number of anilines is 1. The van der Waals surface area contributed by atoms with Crippen molar-refractivity contribution in [3.05, 3.63) is 52.5 Å². The number of hydrogen-bond acceptors (Lipinski definition) is 6. The van der Waals surface area contributed by atoms with Crippen molar-refractivity contribution in [1.82, 2.24) is 9.97 Å². The summed E-state index contributed by atoms with van der Waals surface area (Å²) in [5, 5.41) is 14.3. The van der Waals surface area contributed by atoms with Crippen molar-refractivity contribution in [1.29, 1.82) is 5.26 Å². The molecule has 1 amide bonds. The van der Waals surface area contributed by atoms with E-state index in [1.165, 1.54) is 17.5 Å². The molecule has 2 heterocycles. The standard InChI is InChI=1S/C14H8N4OS2/c15-6-10-7-16-14(21-10)18-12(19)11-8-20-13(17-11)9-4-2-1-3-5-9/h1-5,7-8H,(H,16,18,19). The fourth-order valence-electron chi connectivity index (χ4n) is 1.64. The second-order valence-corrected chi connectivity index (χ2v) is 5.89. The summed E-state index contributed by atoms with van der Waals surface area (Å²) in [6.45, 7) is 0. The Morgan fingerprint density at radius 3 is 2.81 bits per heavy atom. The number of hydrogen-bond donors (Lipinski definition) is 1. The maximum Gasteiger partial charge on any atom is 0.276 e. The van der Waals surface area contributed by atoms with Crippen LogP contribution in [0.5, 0.6) is 0 Å². The first kappa shape index (κ1) is 13.4. The lowest BCUT2D eigenvalue weighted by atomic mass is 10.2. The number of carbonyl (C=O) groups excluding carboxylic acids is 1. The first-order valence-electron chi connectivity index (χ1n) is 5.94. The Bertz CT molecular complexity index is 817. The first-order chi connectivity index (χ1) is 10.3. The highest BCUT2D eigenvalue weighted by molar-refractivity contribution is 7.16. The van der Waals surface area contributed by atoms with Crippen molar-refractivity contribution in [3.63, 3.8) is 0 Å². The molecule has 0 fully saturated rings. The average molecular weight is 312 g/mol. The summed E-state index contributed by atoms with van der Waals surface area (Å²) in [5.41, 5.74) is 1.31. The molecule has 0 saturated carbocycles. The van der Waals surface area contributed by atoms with Crippen molar-refractivity contribution in [2.75, 3.05) is 5.32 Å². The Hall–Kier alpha value is -2.56. The van der Waals surface area contributed by atoms with Gasteiger partial charge in [-0.1, -0.05) is 41.7 Å². The summed E-state index contributed by atoms with van der Waals surface area (Å²) in [6.07, 6.45) is 1.43. The van der Waals surface area contributed by atoms with E-state index < -0.39 is 0 Å². The third kappa shape index (κ3) is 2.97. The molecule has 1 aromatic carbocycles. The van der Waals surface area contributed by atoms with E-state index in [0.717, 1.165) is 21.9 Å². The van der Waals surface area contributed by atoms with Crippen LogP contribution in [0.1, 0.15) is 15.4 Å². The minimum atomic E-state index is -0.327. The number of amides is 1. The van der Waals surface area contributed by atoms with Crippen molar-refractivity contribution in [2.24, 2.45) is 0 Å². The van der Waals surface area contributed by atoms with Gasteiger partial charge >= 0.3 is 0 Å². The van der Waals surface area contributed by atoms with Crippen molar-refractivity contribution in [3.8, 4) is 16.6 Å². The fraction of sp³-hybridized carbons (Fsp3) is 0. The van der Waals surface area contributed by atoms with Crippen LogP contribution in [0.2, 0.25) is 0 Å². The van der Waals surface area contributed by atoms with Crippen LogP contribution in [0.15, 0.2) is 41.9 Å². The highest BCUT2D eigenvalue weighted by Gasteiger charge is 2.13. The van der Waals surface area contributed by atoms with Crippen molar-refractivity contribution in [2.45, 2.75) is 0 Å². The molecule has 0 atom stereocenters. The lowest BCUT2D eigenvalue weighted by Gasteiger charge is -1.97. The number of benzene rings is 1. The number of aromatic nitrogens is 2. The minimum Gasteiger partial charge on any atom is -0.296 e. The third-order valence-electron chi connectivity index (χ3n) is 2.59. The second kappa shape index (κ2) is 5.83. The van der Waals surface area contributed by atoms with Gasteiger partial charge in [-0.25, -0.2) is 9.97 Å². The molecular weight excluding hydrogens is 304 g/mol. The van der Waals surface area contributed by atoms with Gasteiger partial charge in [0.15, 0.2) is 5.13 Å². The number of thiazole rings is 2. The van der Waals surface area contributed by atoms with Crippen LogP contribution in [0, 0.1) is 11.3 Å². The predicted molar refractivity (Wildman–Crippen MR) is 82.3 cm³/mol. The molecule has 3 aromatic rings. The Morgan fingerprint density at radius 2 is 2.10 bits per heavy atom. The Balaban J connectivity index is 1.77. The fourth-order valence-corrected chi connectivity index (χ4v) is 3.05. The van der Waals surface area contributed by atoms with Crippen molar-refractivity contribution < 1.29 is 4.79 Å². The zero-order valence-corrected chi connectivity index (χ0v) is 12.2. The summed E-state index contributed by atoms with van der Waals surface area (Å²) in [6, 6.07) is 11.6. The number of nitriles is 1. The molecule has 102 valence electrons. The van der Waals surface area contributed by atoms with Gasteiger partial charge in [0.25, 0.3) is 5.91 Å². The molecule has 3 rings (SSSR count). The maximum absolute atomic E-state index is 12.1. The molecule has 1 N–H and O–H groups in total. The normalized spacial score (nSPS) is 10.0. The van der Waals surface area contributed by atoms with E-state index in [2.05, 4.69) is 15.3 Å². The van der Waals surface area contributed by atoms with Gasteiger partial charge < -0.3 is 0 Å². The van der Waals surface area contributed by atoms with E-state index in [-0.39, 0.29) is 5.91 Å². The molecule has 0 radical (unpaired) electrons. The van der Waals surface area contributed by atoms with Crippen LogP contribution in [0.25, 0.3) is 10.6 Å². The van der Waals surface area contributed by atoms with E-state index in [1.807, 2.05) is 36.4 Å². The zero-order chi connectivity index (χ0) is 14.7. The lowest BCUT2D eigenvalue weighted by molar-refractivity contribution is 0.102. The van der Waals surface area contributed by atoms with Gasteiger partial charge in [0, 0.05) is 10.9 Å². The van der Waals surface area contributed by atoms with Crippen LogP contribution in [-0.2, 0) is 0 Å². The summed E-state index contributed by atoms with van der Waals surface area (Å²) in [5.74, 6) is -0.327. The summed E-state index contributed by atoms with van der Waals surface area (Å²) >= 11 is 2.54. The summed E-state index contributed by atoms with van der Waals surface area (Å²) < 4.78 is 0. The quantitative estimate of drug-likeness (QED) is 0.804. The maximum atomic E-state index is 12.1. The van der Waals surface area contributed by atoms with Crippen LogP contribution in [-0.4, -0.2) is 15.9 Å². The zero-order valence-electron chi connectivity index (χ0n) is 10.6. The van der Waals surface area contributed by atoms with Crippen LogP contribution in [0.3, 0.4) is 0 Å². The molecule has 2 aromatic heterocycles. The van der Waals surface area contributed by atoms with E-state index in [0.29, 0.717) is 15.7 Å². The molecule has 21 heavy (non-hydrogen) atoms. The smallest absolute Gasteiger partial charge is 0.276 e. The van der Waals surface area contributed by atoms with Crippen molar-refractivity contribution >= 4 is 33.7 Å². The second-order valence-electron chi connectivity index (χ2n) is 4.00. The van der Waals surface area contributed by atoms with E-state index >= 15 is 0 Å². The van der Waals surface area contributed by atoms with E-state index in [9.17, 15) is 4.79 Å². The molecule has 7 heteroatoms. The topological polar surface area (TPSA) is 78.7 Å². The summed E-state index contributed by atoms with van der Waals surface area (Å²) in [7, 11) is 0. The van der Waals surface area contributed by atoms with Crippen LogP contribution >= 0.6 is 22.7 Å². The molecule has 0 aliphatic carbocycles. The molecule has 5 nitrogen and oxygen atoms in total. The van der Waals surface area contributed by atoms with E-state index in [4.69, 9.17) is 5.26 Å². The van der Waals surface area contributed by atoms with Gasteiger partial charge in [-0.05, 0) is 0 Å². The Morgan fingerprint density at radius 1 is 1.29 bits per heavy atom. The number of nitrogens with zero attached hydrogens (tertiary/aromatic N) is 3. The van der Waals surface area contributed by atoms with Crippen LogP contribution in [0.4, 0.5) is 5.13 Å². The van der Waals surface area contributed by atoms with Gasteiger partial charge in [0.2, 0.25) is 0 Å². The van der Waals surface area contributed by atoms with Gasteiger partial charge in [-0.3, -0.25) is 10.1 Å². The molecule has 0 aliphatic rings. The average Bonchev–Trinajstić information content (AvgIpc) is 3.17. The van der Waals surface area contributed by atoms with Crippen LogP contribution < -0.4 is 5.32 Å². The highest BCUT2D eigenvalue weighted by atomic mass is 32.1. The molecule has 0 aliphatic heterocycles. The highest BCUT2D eigenvalue weighted by Crippen LogP contribution is 2.24. The number of rotatable bonds is 3. The van der Waals surface area contributed by atoms with Gasteiger partial charge in [0.1, 0.15) is 21.6 Å². The Labute approximate surface area is 128 Å². The van der Waals surface area contributed by atoms with E-state index in [1.54, 1.807) is 5.38 Å². The molecular formula is C14H8N4OS2. The third-order valence-corrected chi connectivity index (χ3v) is 4.30. The summed E-state index contributed by atoms with van der Waals surface area (Å²) in [4.78, 5) is 20.8. The monoisotopic (exact) mass is 312 g/mol. The first-order valence-corrected chi connectivity index (χ1v) is 7.64. The molecule has 0 saturated heterocycles. The lowest BCUT2D eigenvalue weighted by Crippen LogP contribution is -2.11. The Kier molecular flexibility index (Phi) is 3.73. The molecule has 0 bridgehead atoms. The van der Waals surface area contributed by atoms with Gasteiger partial charge in [-0.15, -0.1) is 11.3 Å². The predicted octanol–water partition coefficient (Wildman–Crippen LogP) is 3.39. The number of carbonyl (C=O) groups is 1. The molecule has 0 spiro atoms. The van der Waals surface area contributed by atoms with Gasteiger partial charge in [-0.2, -0.15) is 5.26 Å². The largest absolute Gasteiger partial charge is 0.296 e. The number of nitrogens with one attached hydrogen (secondary N) is 1. The molecule has 0 unspecified atom stereocenters.